The number of likely N-dealkylation sites (tertiary alicyclic amines) is 1. The Morgan fingerprint density at radius 3 is 2.96 bits per heavy atom. The Balaban J connectivity index is 1.49. The minimum absolute atomic E-state index is 0.133. The number of hydrogen-bond acceptors (Lipinski definition) is 4. The van der Waals surface area contributed by atoms with Crippen molar-refractivity contribution in [1.82, 2.24) is 29.9 Å². The van der Waals surface area contributed by atoms with E-state index in [0.717, 1.165) is 47.6 Å². The Morgan fingerprint density at radius 2 is 2.16 bits per heavy atom. The van der Waals surface area contributed by atoms with E-state index in [1.54, 1.807) is 0 Å². The van der Waals surface area contributed by atoms with E-state index in [2.05, 4.69) is 20.3 Å². The summed E-state index contributed by atoms with van der Waals surface area (Å²) in [5, 5.41) is 12.8. The maximum atomic E-state index is 12.8. The van der Waals surface area contributed by atoms with Crippen molar-refractivity contribution in [2.24, 2.45) is 0 Å². The first kappa shape index (κ1) is 15.8. The molecule has 1 amide bonds. The number of aromatic nitrogens is 5. The molecule has 1 saturated heterocycles. The Bertz CT molecular complexity index is 911. The average Bonchev–Trinajstić information content (AvgIpc) is 3.18. The van der Waals surface area contributed by atoms with Crippen LogP contribution in [-0.2, 0) is 11.2 Å². The number of benzene rings is 1. The summed E-state index contributed by atoms with van der Waals surface area (Å²) < 4.78 is 1.97. The van der Waals surface area contributed by atoms with Crippen molar-refractivity contribution in [3.63, 3.8) is 0 Å². The first-order chi connectivity index (χ1) is 12.1. The van der Waals surface area contributed by atoms with Gasteiger partial charge in [-0.1, -0.05) is 18.2 Å². The van der Waals surface area contributed by atoms with Gasteiger partial charge in [-0.25, -0.2) is 9.67 Å². The van der Waals surface area contributed by atoms with E-state index in [4.69, 9.17) is 0 Å². The van der Waals surface area contributed by atoms with Crippen LogP contribution in [0.3, 0.4) is 0 Å². The van der Waals surface area contributed by atoms with Gasteiger partial charge in [-0.15, -0.1) is 0 Å². The van der Waals surface area contributed by atoms with Gasteiger partial charge in [-0.2, -0.15) is 10.2 Å². The summed E-state index contributed by atoms with van der Waals surface area (Å²) >= 11 is 0. The smallest absolute Gasteiger partial charge is 0.228 e. The van der Waals surface area contributed by atoms with Crippen LogP contribution in [0, 0.1) is 13.8 Å². The number of nitrogens with one attached hydrogen (secondary N) is 1. The highest BCUT2D eigenvalue weighted by Crippen LogP contribution is 2.23. The molecule has 2 aromatic heterocycles. The number of aryl methyl sites for hydroxylation is 2. The number of nitrogens with zero attached hydrogens (tertiary/aromatic N) is 5. The maximum Gasteiger partial charge on any atom is 0.228 e. The van der Waals surface area contributed by atoms with Gasteiger partial charge in [0.1, 0.15) is 11.6 Å². The van der Waals surface area contributed by atoms with E-state index in [1.165, 1.54) is 0 Å². The molecule has 1 N–H and O–H groups in total. The van der Waals surface area contributed by atoms with E-state index in [9.17, 15) is 4.79 Å². The normalized spacial score (nSPS) is 18.0. The summed E-state index contributed by atoms with van der Waals surface area (Å²) in [5.74, 6) is 1.83. The number of hydrogen-bond donors (Lipinski definition) is 1. The van der Waals surface area contributed by atoms with Crippen molar-refractivity contribution >= 4 is 16.8 Å². The zero-order chi connectivity index (χ0) is 17.4. The fourth-order valence-corrected chi connectivity index (χ4v) is 3.67. The summed E-state index contributed by atoms with van der Waals surface area (Å²) in [6.45, 7) is 5.36. The number of amides is 1. The second-order valence-electron chi connectivity index (χ2n) is 6.68. The fourth-order valence-electron chi connectivity index (χ4n) is 3.67. The van der Waals surface area contributed by atoms with Gasteiger partial charge in [0.2, 0.25) is 5.91 Å². The SMILES string of the molecule is Cc1nc(C)n([C@@H]2CCCN(C(=O)Cc3[nH]nc4ccccc34)C2)n1. The van der Waals surface area contributed by atoms with Gasteiger partial charge >= 0.3 is 0 Å². The second-order valence-corrected chi connectivity index (χ2v) is 6.68. The molecule has 1 aliphatic heterocycles. The molecule has 0 saturated carbocycles. The molecule has 7 heteroatoms. The summed E-state index contributed by atoms with van der Waals surface area (Å²) in [5.41, 5.74) is 1.78. The zero-order valence-electron chi connectivity index (χ0n) is 14.6. The van der Waals surface area contributed by atoms with E-state index in [-0.39, 0.29) is 11.9 Å². The molecule has 1 aromatic carbocycles. The van der Waals surface area contributed by atoms with Crippen molar-refractivity contribution in [2.45, 2.75) is 39.2 Å². The van der Waals surface area contributed by atoms with Gasteiger partial charge in [0.15, 0.2) is 0 Å². The molecule has 1 fully saturated rings. The van der Waals surface area contributed by atoms with Crippen molar-refractivity contribution in [3.8, 4) is 0 Å². The van der Waals surface area contributed by atoms with Crippen LogP contribution >= 0.6 is 0 Å². The highest BCUT2D eigenvalue weighted by Gasteiger charge is 2.27. The number of fused-ring (bicyclic) bond motifs is 1. The lowest BCUT2D eigenvalue weighted by atomic mass is 10.0. The number of piperidine rings is 1. The minimum Gasteiger partial charge on any atom is -0.340 e. The quantitative estimate of drug-likeness (QED) is 0.794. The van der Waals surface area contributed by atoms with Gasteiger partial charge in [0.05, 0.1) is 23.7 Å². The Morgan fingerprint density at radius 1 is 1.32 bits per heavy atom. The molecule has 0 bridgehead atoms. The molecule has 130 valence electrons. The lowest BCUT2D eigenvalue weighted by Gasteiger charge is -2.33. The number of H-pyrrole nitrogens is 1. The molecule has 4 rings (SSSR count). The summed E-state index contributed by atoms with van der Waals surface area (Å²) in [6, 6.07) is 8.08. The summed E-state index contributed by atoms with van der Waals surface area (Å²) in [6.07, 6.45) is 2.36. The molecule has 1 aliphatic rings. The largest absolute Gasteiger partial charge is 0.340 e. The second kappa shape index (κ2) is 6.31. The molecule has 0 spiro atoms. The third kappa shape index (κ3) is 3.01. The molecule has 7 nitrogen and oxygen atoms in total. The monoisotopic (exact) mass is 338 g/mol. The third-order valence-corrected chi connectivity index (χ3v) is 4.87. The lowest BCUT2D eigenvalue weighted by Crippen LogP contribution is -2.42. The van der Waals surface area contributed by atoms with Crippen molar-refractivity contribution in [2.75, 3.05) is 13.1 Å². The first-order valence-corrected chi connectivity index (χ1v) is 8.71. The fraction of sp³-hybridized carbons (Fsp3) is 0.444. The third-order valence-electron chi connectivity index (χ3n) is 4.87. The van der Waals surface area contributed by atoms with Gasteiger partial charge in [-0.05, 0) is 32.8 Å². The summed E-state index contributed by atoms with van der Waals surface area (Å²) in [4.78, 5) is 19.1. The van der Waals surface area contributed by atoms with E-state index < -0.39 is 0 Å². The average molecular weight is 338 g/mol. The minimum atomic E-state index is 0.133. The number of carbonyl (C=O) groups excluding carboxylic acids is 1. The van der Waals surface area contributed by atoms with Crippen molar-refractivity contribution < 1.29 is 4.79 Å². The molecule has 0 aliphatic carbocycles. The van der Waals surface area contributed by atoms with Crippen LogP contribution in [0.4, 0.5) is 0 Å². The van der Waals surface area contributed by atoms with Gasteiger partial charge in [-0.3, -0.25) is 9.89 Å². The van der Waals surface area contributed by atoms with Crippen LogP contribution in [0.5, 0.6) is 0 Å². The Kier molecular flexibility index (Phi) is 3.99. The molecule has 1 atom stereocenters. The van der Waals surface area contributed by atoms with Crippen molar-refractivity contribution in [3.05, 3.63) is 41.6 Å². The van der Waals surface area contributed by atoms with Crippen LogP contribution in [-0.4, -0.2) is 48.9 Å². The van der Waals surface area contributed by atoms with E-state index in [0.29, 0.717) is 13.0 Å². The molecule has 25 heavy (non-hydrogen) atoms. The molecule has 3 heterocycles. The van der Waals surface area contributed by atoms with E-state index >= 15 is 0 Å². The standard InChI is InChI=1S/C18H22N6O/c1-12-19-13(2)24(22-12)14-6-5-9-23(11-14)18(25)10-17-15-7-3-4-8-16(15)20-21-17/h3-4,7-8,14H,5-6,9-11H2,1-2H3,(H,20,21)/t14-/m1/s1. The lowest BCUT2D eigenvalue weighted by molar-refractivity contribution is -0.132. The van der Waals surface area contributed by atoms with Crippen LogP contribution in [0.25, 0.3) is 10.9 Å². The van der Waals surface area contributed by atoms with Crippen LogP contribution in [0.2, 0.25) is 0 Å². The van der Waals surface area contributed by atoms with Crippen LogP contribution < -0.4 is 0 Å². The van der Waals surface area contributed by atoms with Gasteiger partial charge in [0.25, 0.3) is 0 Å². The molecular weight excluding hydrogens is 316 g/mol. The molecule has 0 radical (unpaired) electrons. The highest BCUT2D eigenvalue weighted by atomic mass is 16.2. The number of para-hydroxylation sites is 1. The maximum absolute atomic E-state index is 12.8. The van der Waals surface area contributed by atoms with Crippen LogP contribution in [0.15, 0.2) is 24.3 Å². The summed E-state index contributed by atoms with van der Waals surface area (Å²) in [7, 11) is 0. The van der Waals surface area contributed by atoms with Crippen LogP contribution in [0.1, 0.15) is 36.2 Å². The predicted octanol–water partition coefficient (Wildman–Crippen LogP) is 2.18. The first-order valence-electron chi connectivity index (χ1n) is 8.71. The molecule has 3 aromatic rings. The predicted molar refractivity (Wildman–Crippen MR) is 94.1 cm³/mol. The number of rotatable bonds is 3. The van der Waals surface area contributed by atoms with E-state index in [1.807, 2.05) is 47.7 Å². The number of aromatic amines is 1. The van der Waals surface area contributed by atoms with Gasteiger partial charge in [0, 0.05) is 18.5 Å². The zero-order valence-corrected chi connectivity index (χ0v) is 14.6. The highest BCUT2D eigenvalue weighted by molar-refractivity contribution is 5.87. The molecular formula is C18H22N6O. The Labute approximate surface area is 146 Å². The topological polar surface area (TPSA) is 79.7 Å². The Hall–Kier alpha value is -2.70. The van der Waals surface area contributed by atoms with Crippen molar-refractivity contribution in [1.29, 1.82) is 0 Å². The number of carbonyl (C=O) groups is 1. The van der Waals surface area contributed by atoms with Gasteiger partial charge < -0.3 is 4.90 Å². The molecule has 0 unspecified atom stereocenters.